The van der Waals surface area contributed by atoms with E-state index >= 15 is 0 Å². The van der Waals surface area contributed by atoms with Gasteiger partial charge < -0.3 is 10.0 Å². The van der Waals surface area contributed by atoms with Gasteiger partial charge in [-0.3, -0.25) is 4.79 Å². The first-order chi connectivity index (χ1) is 6.90. The Morgan fingerprint density at radius 1 is 1.47 bits per heavy atom. The van der Waals surface area contributed by atoms with Gasteiger partial charge in [0.15, 0.2) is 0 Å². The molecule has 0 rings (SSSR count). The summed E-state index contributed by atoms with van der Waals surface area (Å²) < 4.78 is 36.0. The molecule has 0 saturated carbocycles. The minimum Gasteiger partial charge on any atom is -0.395 e. The smallest absolute Gasteiger partial charge is 0.395 e. The summed E-state index contributed by atoms with van der Waals surface area (Å²) >= 11 is 0. The largest absolute Gasteiger partial charge is 0.406 e. The molecule has 86 valence electrons. The standard InChI is InChI=1S/C9H12F3NO2/c1-2-3-4-8(15)13(5-6-14)7-9(10,11)12/h1,14H,3-7H2. The van der Waals surface area contributed by atoms with Gasteiger partial charge >= 0.3 is 6.18 Å². The van der Waals surface area contributed by atoms with Crippen molar-refractivity contribution in [3.8, 4) is 12.3 Å². The molecule has 0 aromatic carbocycles. The van der Waals surface area contributed by atoms with E-state index in [0.29, 0.717) is 4.90 Å². The second-order valence-electron chi connectivity index (χ2n) is 2.86. The molecular weight excluding hydrogens is 211 g/mol. The summed E-state index contributed by atoms with van der Waals surface area (Å²) in [6.45, 7) is -2.18. The summed E-state index contributed by atoms with van der Waals surface area (Å²) in [4.78, 5) is 11.7. The van der Waals surface area contributed by atoms with Crippen molar-refractivity contribution >= 4 is 5.91 Å². The van der Waals surface area contributed by atoms with E-state index in [1.165, 1.54) is 0 Å². The number of carbonyl (C=O) groups excluding carboxylic acids is 1. The Hall–Kier alpha value is -1.22. The Morgan fingerprint density at radius 2 is 2.07 bits per heavy atom. The Kier molecular flexibility index (Phi) is 5.79. The number of carbonyl (C=O) groups is 1. The molecule has 0 aliphatic rings. The molecular formula is C9H12F3NO2. The lowest BCUT2D eigenvalue weighted by molar-refractivity contribution is -0.161. The Labute approximate surface area is 85.9 Å². The molecule has 0 spiro atoms. The molecule has 0 bridgehead atoms. The van der Waals surface area contributed by atoms with Crippen molar-refractivity contribution in [3.63, 3.8) is 0 Å². The lowest BCUT2D eigenvalue weighted by Gasteiger charge is -2.22. The normalized spacial score (nSPS) is 10.9. The van der Waals surface area contributed by atoms with Crippen molar-refractivity contribution in [3.05, 3.63) is 0 Å². The first-order valence-corrected chi connectivity index (χ1v) is 4.29. The zero-order chi connectivity index (χ0) is 11.9. The third-order valence-corrected chi connectivity index (χ3v) is 1.58. The van der Waals surface area contributed by atoms with Crippen molar-refractivity contribution in [1.82, 2.24) is 4.90 Å². The molecule has 1 N–H and O–H groups in total. The predicted octanol–water partition coefficient (Wildman–Crippen LogP) is 0.783. The van der Waals surface area contributed by atoms with Crippen molar-refractivity contribution in [2.45, 2.75) is 19.0 Å². The second kappa shape index (κ2) is 6.30. The van der Waals surface area contributed by atoms with Crippen LogP contribution in [-0.4, -0.2) is 41.8 Å². The van der Waals surface area contributed by atoms with E-state index in [0.717, 1.165) is 0 Å². The molecule has 0 atom stereocenters. The van der Waals surface area contributed by atoms with Gasteiger partial charge in [0, 0.05) is 19.4 Å². The summed E-state index contributed by atoms with van der Waals surface area (Å²) in [5.41, 5.74) is 0. The number of terminal acetylenes is 1. The van der Waals surface area contributed by atoms with Crippen LogP contribution in [-0.2, 0) is 4.79 Å². The number of rotatable bonds is 5. The quantitative estimate of drug-likeness (QED) is 0.700. The van der Waals surface area contributed by atoms with Gasteiger partial charge in [-0.1, -0.05) is 0 Å². The molecule has 15 heavy (non-hydrogen) atoms. The highest BCUT2D eigenvalue weighted by atomic mass is 19.4. The Balaban J connectivity index is 4.26. The van der Waals surface area contributed by atoms with E-state index in [4.69, 9.17) is 11.5 Å². The number of alkyl halides is 3. The number of hydrogen-bond donors (Lipinski definition) is 1. The predicted molar refractivity (Wildman–Crippen MR) is 47.8 cm³/mol. The van der Waals surface area contributed by atoms with Crippen LogP contribution in [0.15, 0.2) is 0 Å². The van der Waals surface area contributed by atoms with Crippen LogP contribution in [0.4, 0.5) is 13.2 Å². The van der Waals surface area contributed by atoms with Gasteiger partial charge in [0.05, 0.1) is 6.61 Å². The highest BCUT2D eigenvalue weighted by Gasteiger charge is 2.32. The number of hydrogen-bond acceptors (Lipinski definition) is 2. The SMILES string of the molecule is C#CCCC(=O)N(CCO)CC(F)(F)F. The van der Waals surface area contributed by atoms with Crippen molar-refractivity contribution in [1.29, 1.82) is 0 Å². The van der Waals surface area contributed by atoms with Gasteiger partial charge in [-0.2, -0.15) is 13.2 Å². The minimum absolute atomic E-state index is 0.0959. The van der Waals surface area contributed by atoms with Gasteiger partial charge in [-0.15, -0.1) is 12.3 Å². The van der Waals surface area contributed by atoms with E-state index in [1.54, 1.807) is 0 Å². The third kappa shape index (κ3) is 6.80. The first-order valence-electron chi connectivity index (χ1n) is 4.29. The van der Waals surface area contributed by atoms with E-state index in [1.807, 2.05) is 0 Å². The summed E-state index contributed by atoms with van der Waals surface area (Å²) in [7, 11) is 0. The van der Waals surface area contributed by atoms with E-state index in [2.05, 4.69) is 5.92 Å². The maximum atomic E-state index is 12.0. The molecule has 0 aromatic heterocycles. The molecule has 0 aromatic rings. The number of aliphatic hydroxyl groups excluding tert-OH is 1. The Morgan fingerprint density at radius 3 is 2.47 bits per heavy atom. The molecule has 0 fully saturated rings. The zero-order valence-electron chi connectivity index (χ0n) is 8.05. The fourth-order valence-electron chi connectivity index (χ4n) is 0.966. The van der Waals surface area contributed by atoms with Crippen LogP contribution in [0, 0.1) is 12.3 Å². The lowest BCUT2D eigenvalue weighted by Crippen LogP contribution is -2.40. The summed E-state index contributed by atoms with van der Waals surface area (Å²) in [5, 5.41) is 8.51. The minimum atomic E-state index is -4.46. The molecule has 3 nitrogen and oxygen atoms in total. The van der Waals surface area contributed by atoms with E-state index < -0.39 is 25.2 Å². The van der Waals surface area contributed by atoms with Crippen LogP contribution >= 0.6 is 0 Å². The van der Waals surface area contributed by atoms with E-state index in [-0.39, 0.29) is 19.4 Å². The molecule has 0 saturated heterocycles. The van der Waals surface area contributed by atoms with Crippen LogP contribution in [0.3, 0.4) is 0 Å². The Bertz CT molecular complexity index is 245. The number of amides is 1. The van der Waals surface area contributed by atoms with Gasteiger partial charge in [-0.25, -0.2) is 0 Å². The first kappa shape index (κ1) is 13.8. The molecule has 0 unspecified atom stereocenters. The fourth-order valence-corrected chi connectivity index (χ4v) is 0.966. The van der Waals surface area contributed by atoms with E-state index in [9.17, 15) is 18.0 Å². The molecule has 1 amide bonds. The topological polar surface area (TPSA) is 40.5 Å². The average Bonchev–Trinajstić information content (AvgIpc) is 2.11. The van der Waals surface area contributed by atoms with Crippen molar-refractivity contribution in [2.75, 3.05) is 19.7 Å². The number of halogens is 3. The number of nitrogens with zero attached hydrogens (tertiary/aromatic N) is 1. The monoisotopic (exact) mass is 223 g/mol. The maximum absolute atomic E-state index is 12.0. The summed E-state index contributed by atoms with van der Waals surface area (Å²) in [6, 6.07) is 0. The van der Waals surface area contributed by atoms with Gasteiger partial charge in [0.25, 0.3) is 0 Å². The fraction of sp³-hybridized carbons (Fsp3) is 0.667. The summed E-state index contributed by atoms with van der Waals surface area (Å²) in [6.07, 6.45) is 0.392. The van der Waals surface area contributed by atoms with Crippen LogP contribution in [0.1, 0.15) is 12.8 Å². The number of aliphatic hydroxyl groups is 1. The second-order valence-corrected chi connectivity index (χ2v) is 2.86. The van der Waals surface area contributed by atoms with Crippen LogP contribution < -0.4 is 0 Å². The highest BCUT2D eigenvalue weighted by molar-refractivity contribution is 5.76. The third-order valence-electron chi connectivity index (χ3n) is 1.58. The van der Waals surface area contributed by atoms with Gasteiger partial charge in [0.2, 0.25) is 5.91 Å². The highest BCUT2D eigenvalue weighted by Crippen LogP contribution is 2.16. The van der Waals surface area contributed by atoms with Gasteiger partial charge in [0.1, 0.15) is 6.54 Å². The molecule has 0 aliphatic heterocycles. The maximum Gasteiger partial charge on any atom is 0.406 e. The lowest BCUT2D eigenvalue weighted by atomic mass is 10.3. The molecule has 0 radical (unpaired) electrons. The summed E-state index contributed by atoms with van der Waals surface area (Å²) in [5.74, 6) is 1.47. The van der Waals surface area contributed by atoms with Crippen LogP contribution in [0.2, 0.25) is 0 Å². The van der Waals surface area contributed by atoms with Crippen molar-refractivity contribution in [2.24, 2.45) is 0 Å². The zero-order valence-corrected chi connectivity index (χ0v) is 8.05. The molecule has 0 aliphatic carbocycles. The van der Waals surface area contributed by atoms with Gasteiger partial charge in [-0.05, 0) is 0 Å². The van der Waals surface area contributed by atoms with Crippen LogP contribution in [0.5, 0.6) is 0 Å². The molecule has 6 heteroatoms. The van der Waals surface area contributed by atoms with Crippen molar-refractivity contribution < 1.29 is 23.1 Å². The molecule has 0 heterocycles. The van der Waals surface area contributed by atoms with Crippen LogP contribution in [0.25, 0.3) is 0 Å². The average molecular weight is 223 g/mol.